The first-order valence-electron chi connectivity index (χ1n) is 8.04. The number of rotatable bonds is 6. The lowest BCUT2D eigenvalue weighted by atomic mass is 9.82. The number of anilines is 1. The average molecular weight is 373 g/mol. The molecule has 0 aliphatic rings. The SMILES string of the molecule is COc1cc2nc(C)nc(NC(C)c3cc(B(O)O)cs3)c2cc1OC. The third-order valence-electron chi connectivity index (χ3n) is 4.03. The van der Waals surface area contributed by atoms with Crippen LogP contribution in [-0.2, 0) is 0 Å². The topological polar surface area (TPSA) is 96.7 Å². The van der Waals surface area contributed by atoms with Gasteiger partial charge in [0.15, 0.2) is 11.5 Å². The van der Waals surface area contributed by atoms with Gasteiger partial charge < -0.3 is 24.8 Å². The minimum atomic E-state index is -1.47. The summed E-state index contributed by atoms with van der Waals surface area (Å²) < 4.78 is 10.7. The molecule has 3 rings (SSSR count). The highest BCUT2D eigenvalue weighted by molar-refractivity contribution is 7.11. The summed E-state index contributed by atoms with van der Waals surface area (Å²) in [7, 11) is 1.70. The summed E-state index contributed by atoms with van der Waals surface area (Å²) in [4.78, 5) is 9.97. The Labute approximate surface area is 155 Å². The van der Waals surface area contributed by atoms with Gasteiger partial charge in [-0.25, -0.2) is 9.97 Å². The van der Waals surface area contributed by atoms with Gasteiger partial charge >= 0.3 is 7.12 Å². The molecular weight excluding hydrogens is 353 g/mol. The highest BCUT2D eigenvalue weighted by Crippen LogP contribution is 2.35. The van der Waals surface area contributed by atoms with Crippen molar-refractivity contribution in [1.82, 2.24) is 9.97 Å². The highest BCUT2D eigenvalue weighted by atomic mass is 32.1. The standard InChI is InChI=1S/C17H20BN3O4S/c1-9(16-5-11(8-26-16)18(22)23)19-17-12-6-14(24-3)15(25-4)7-13(12)20-10(2)21-17/h5-9,22-23H,1-4H3,(H,19,20,21). The van der Waals surface area contributed by atoms with Crippen LogP contribution in [0.2, 0.25) is 0 Å². The van der Waals surface area contributed by atoms with Crippen LogP contribution in [0, 0.1) is 6.92 Å². The van der Waals surface area contributed by atoms with Crippen LogP contribution in [0.4, 0.5) is 5.82 Å². The zero-order valence-corrected chi connectivity index (χ0v) is 15.8. The minimum absolute atomic E-state index is 0.0712. The molecule has 3 N–H and O–H groups in total. The Balaban J connectivity index is 2.00. The number of ether oxygens (including phenoxy) is 2. The van der Waals surface area contributed by atoms with Gasteiger partial charge in [0.1, 0.15) is 11.6 Å². The van der Waals surface area contributed by atoms with Crippen LogP contribution < -0.4 is 20.3 Å². The molecule has 0 saturated carbocycles. The molecule has 1 unspecified atom stereocenters. The van der Waals surface area contributed by atoms with Crippen molar-refractivity contribution in [3.05, 3.63) is 34.3 Å². The second-order valence-electron chi connectivity index (χ2n) is 5.87. The normalized spacial score (nSPS) is 12.1. The Morgan fingerprint density at radius 2 is 1.81 bits per heavy atom. The third-order valence-corrected chi connectivity index (χ3v) is 5.16. The van der Waals surface area contributed by atoms with E-state index in [1.54, 1.807) is 25.7 Å². The van der Waals surface area contributed by atoms with Gasteiger partial charge in [-0.05, 0) is 36.8 Å². The molecule has 0 radical (unpaired) electrons. The van der Waals surface area contributed by atoms with Crippen molar-refractivity contribution >= 4 is 40.6 Å². The van der Waals surface area contributed by atoms with E-state index in [9.17, 15) is 10.0 Å². The number of nitrogens with one attached hydrogen (secondary N) is 1. The van der Waals surface area contributed by atoms with Gasteiger partial charge in [0.05, 0.1) is 25.8 Å². The molecule has 1 aromatic carbocycles. The van der Waals surface area contributed by atoms with Crippen LogP contribution in [-0.4, -0.2) is 41.4 Å². The molecule has 9 heteroatoms. The van der Waals surface area contributed by atoms with Gasteiger partial charge in [-0.2, -0.15) is 0 Å². The summed E-state index contributed by atoms with van der Waals surface area (Å²) >= 11 is 1.46. The number of aromatic nitrogens is 2. The second-order valence-corrected chi connectivity index (χ2v) is 6.81. The van der Waals surface area contributed by atoms with E-state index in [-0.39, 0.29) is 6.04 Å². The maximum absolute atomic E-state index is 9.29. The van der Waals surface area contributed by atoms with E-state index in [1.807, 2.05) is 26.0 Å². The smallest absolute Gasteiger partial charge is 0.489 e. The van der Waals surface area contributed by atoms with Gasteiger partial charge in [0, 0.05) is 16.3 Å². The molecule has 3 aromatic rings. The first-order chi connectivity index (χ1) is 12.4. The predicted molar refractivity (Wildman–Crippen MR) is 104 cm³/mol. The Morgan fingerprint density at radius 3 is 2.42 bits per heavy atom. The van der Waals surface area contributed by atoms with E-state index in [0.29, 0.717) is 28.6 Å². The third kappa shape index (κ3) is 3.60. The number of aryl methyl sites for hydroxylation is 1. The van der Waals surface area contributed by atoms with Crippen molar-refractivity contribution in [2.24, 2.45) is 0 Å². The van der Waals surface area contributed by atoms with Crippen molar-refractivity contribution in [3.8, 4) is 11.5 Å². The first-order valence-corrected chi connectivity index (χ1v) is 8.92. The lowest BCUT2D eigenvalue weighted by Crippen LogP contribution is -2.28. The van der Waals surface area contributed by atoms with Crippen LogP contribution in [0.25, 0.3) is 10.9 Å². The monoisotopic (exact) mass is 373 g/mol. The molecule has 0 fully saturated rings. The number of methoxy groups -OCH3 is 2. The van der Waals surface area contributed by atoms with E-state index in [1.165, 1.54) is 11.3 Å². The summed E-state index contributed by atoms with van der Waals surface area (Å²) in [5.74, 6) is 2.53. The second kappa shape index (κ2) is 7.49. The maximum atomic E-state index is 9.29. The fourth-order valence-corrected chi connectivity index (χ4v) is 3.62. The molecule has 0 aliphatic heterocycles. The van der Waals surface area contributed by atoms with Crippen LogP contribution in [0.1, 0.15) is 23.7 Å². The van der Waals surface area contributed by atoms with E-state index in [4.69, 9.17) is 9.47 Å². The quantitative estimate of drug-likeness (QED) is 0.568. The van der Waals surface area contributed by atoms with E-state index < -0.39 is 7.12 Å². The van der Waals surface area contributed by atoms with E-state index >= 15 is 0 Å². The number of thiophene rings is 1. The molecule has 26 heavy (non-hydrogen) atoms. The summed E-state index contributed by atoms with van der Waals surface area (Å²) in [6.45, 7) is 3.82. The van der Waals surface area contributed by atoms with Gasteiger partial charge in [-0.15, -0.1) is 11.3 Å². The lowest BCUT2D eigenvalue weighted by molar-refractivity contribution is 0.356. The van der Waals surface area contributed by atoms with Gasteiger partial charge in [-0.3, -0.25) is 0 Å². The van der Waals surface area contributed by atoms with Crippen LogP contribution in [0.3, 0.4) is 0 Å². The zero-order valence-electron chi connectivity index (χ0n) is 15.0. The Hall–Kier alpha value is -2.36. The van der Waals surface area contributed by atoms with Crippen LogP contribution in [0.5, 0.6) is 11.5 Å². The number of benzene rings is 1. The fraction of sp³-hybridized carbons (Fsp3) is 0.294. The maximum Gasteiger partial charge on any atom is 0.489 e. The summed E-state index contributed by atoms with van der Waals surface area (Å²) in [5, 5.41) is 24.5. The van der Waals surface area contributed by atoms with Gasteiger partial charge in [-0.1, -0.05) is 0 Å². The van der Waals surface area contributed by atoms with Crippen molar-refractivity contribution in [2.45, 2.75) is 19.9 Å². The number of hydrogen-bond acceptors (Lipinski definition) is 8. The summed E-state index contributed by atoms with van der Waals surface area (Å²) in [6, 6.07) is 5.37. The van der Waals surface area contributed by atoms with Crippen LogP contribution in [0.15, 0.2) is 23.6 Å². The van der Waals surface area contributed by atoms with E-state index in [2.05, 4.69) is 15.3 Å². The molecule has 7 nitrogen and oxygen atoms in total. The van der Waals surface area contributed by atoms with Crippen molar-refractivity contribution in [3.63, 3.8) is 0 Å². The molecule has 2 aromatic heterocycles. The fourth-order valence-electron chi connectivity index (χ4n) is 2.69. The predicted octanol–water partition coefficient (Wildman–Crippen LogP) is 1.87. The molecule has 136 valence electrons. The number of nitrogens with zero attached hydrogens (tertiary/aromatic N) is 2. The molecule has 0 saturated heterocycles. The average Bonchev–Trinajstić information content (AvgIpc) is 3.11. The molecule has 2 heterocycles. The zero-order chi connectivity index (χ0) is 18.8. The molecule has 0 spiro atoms. The Kier molecular flexibility index (Phi) is 5.31. The molecule has 1 atom stereocenters. The van der Waals surface area contributed by atoms with Crippen molar-refractivity contribution in [1.29, 1.82) is 0 Å². The van der Waals surface area contributed by atoms with Gasteiger partial charge in [0.25, 0.3) is 0 Å². The van der Waals surface area contributed by atoms with E-state index in [0.717, 1.165) is 15.8 Å². The summed E-state index contributed by atoms with van der Waals surface area (Å²) in [5.41, 5.74) is 1.23. The summed E-state index contributed by atoms with van der Waals surface area (Å²) in [6.07, 6.45) is 0. The van der Waals surface area contributed by atoms with Crippen molar-refractivity contribution < 1.29 is 19.5 Å². The number of fused-ring (bicyclic) bond motifs is 1. The molecular formula is C17H20BN3O4S. The largest absolute Gasteiger partial charge is 0.493 e. The van der Waals surface area contributed by atoms with Gasteiger partial charge in [0.2, 0.25) is 0 Å². The number of hydrogen-bond donors (Lipinski definition) is 3. The highest BCUT2D eigenvalue weighted by Gasteiger charge is 2.18. The van der Waals surface area contributed by atoms with Crippen LogP contribution >= 0.6 is 11.3 Å². The van der Waals surface area contributed by atoms with Crippen molar-refractivity contribution in [2.75, 3.05) is 19.5 Å². The Morgan fingerprint density at radius 1 is 1.12 bits per heavy atom. The molecule has 0 bridgehead atoms. The lowest BCUT2D eigenvalue weighted by Gasteiger charge is -2.16. The Bertz CT molecular complexity index is 932. The molecule has 0 aliphatic carbocycles. The first kappa shape index (κ1) is 18.4. The molecule has 0 amide bonds. The minimum Gasteiger partial charge on any atom is -0.493 e.